The normalized spacial score (nSPS) is 12.2. The third-order valence-electron chi connectivity index (χ3n) is 2.49. The van der Waals surface area contributed by atoms with Gasteiger partial charge in [0.2, 0.25) is 5.91 Å². The highest BCUT2D eigenvalue weighted by Crippen LogP contribution is 2.20. The number of aromatic hydroxyl groups is 1. The number of aryl methyl sites for hydroxylation is 1. The lowest BCUT2D eigenvalue weighted by Gasteiger charge is -2.13. The molecular weight excluding hydrogens is 220 g/mol. The van der Waals surface area contributed by atoms with Crippen molar-refractivity contribution < 1.29 is 14.6 Å². The lowest BCUT2D eigenvalue weighted by Crippen LogP contribution is -2.28. The van der Waals surface area contributed by atoms with Crippen LogP contribution in [0.3, 0.4) is 0 Å². The van der Waals surface area contributed by atoms with Crippen LogP contribution in [0.15, 0.2) is 18.2 Å². The van der Waals surface area contributed by atoms with Gasteiger partial charge in [0.1, 0.15) is 5.75 Å². The molecule has 1 rings (SSSR count). The maximum atomic E-state index is 11.6. The van der Waals surface area contributed by atoms with Crippen molar-refractivity contribution in [3.05, 3.63) is 23.8 Å². The third-order valence-corrected chi connectivity index (χ3v) is 2.49. The predicted molar refractivity (Wildman–Crippen MR) is 65.9 cm³/mol. The molecule has 0 aliphatic carbocycles. The topological polar surface area (TPSA) is 84.6 Å². The summed E-state index contributed by atoms with van der Waals surface area (Å²) in [6.45, 7) is 2.07. The fraction of sp³-hybridized carbons (Fsp3) is 0.417. The van der Waals surface area contributed by atoms with Gasteiger partial charge in [0.25, 0.3) is 0 Å². The number of phenols is 1. The van der Waals surface area contributed by atoms with E-state index in [4.69, 9.17) is 10.5 Å². The van der Waals surface area contributed by atoms with E-state index in [9.17, 15) is 9.90 Å². The summed E-state index contributed by atoms with van der Waals surface area (Å²) in [5.41, 5.74) is 6.79. The molecule has 0 heterocycles. The SMILES string of the molecule is COC(CN)CC(=O)Nc1ccc(O)c(C)c1. The van der Waals surface area contributed by atoms with Crippen LogP contribution >= 0.6 is 0 Å². The van der Waals surface area contributed by atoms with E-state index < -0.39 is 0 Å². The van der Waals surface area contributed by atoms with Gasteiger partial charge in [-0.2, -0.15) is 0 Å². The quantitative estimate of drug-likeness (QED) is 0.668. The number of benzene rings is 1. The Morgan fingerprint density at radius 2 is 2.29 bits per heavy atom. The van der Waals surface area contributed by atoms with Crippen LogP contribution in [0.25, 0.3) is 0 Å². The molecule has 0 aliphatic heterocycles. The molecule has 94 valence electrons. The minimum Gasteiger partial charge on any atom is -0.508 e. The predicted octanol–water partition coefficient (Wildman–Crippen LogP) is 1.00. The van der Waals surface area contributed by atoms with Crippen LogP contribution in [0.5, 0.6) is 5.75 Å². The van der Waals surface area contributed by atoms with Gasteiger partial charge in [0.05, 0.1) is 12.5 Å². The molecule has 0 bridgehead atoms. The van der Waals surface area contributed by atoms with Crippen LogP contribution in [0.4, 0.5) is 5.69 Å². The maximum Gasteiger partial charge on any atom is 0.227 e. The molecular formula is C12H18N2O3. The van der Waals surface area contributed by atoms with Crippen molar-refractivity contribution >= 4 is 11.6 Å². The number of hydrogen-bond donors (Lipinski definition) is 3. The molecule has 0 saturated carbocycles. The molecule has 5 nitrogen and oxygen atoms in total. The summed E-state index contributed by atoms with van der Waals surface area (Å²) in [4.78, 5) is 11.6. The largest absolute Gasteiger partial charge is 0.508 e. The van der Waals surface area contributed by atoms with Crippen molar-refractivity contribution in [1.82, 2.24) is 0 Å². The summed E-state index contributed by atoms with van der Waals surface area (Å²) in [5.74, 6) is 0.0483. The van der Waals surface area contributed by atoms with Crippen molar-refractivity contribution in [2.75, 3.05) is 19.0 Å². The highest BCUT2D eigenvalue weighted by atomic mass is 16.5. The van der Waals surface area contributed by atoms with Crippen LogP contribution in [0.2, 0.25) is 0 Å². The summed E-state index contributed by atoms with van der Waals surface area (Å²) < 4.78 is 5.02. The van der Waals surface area contributed by atoms with Gasteiger partial charge < -0.3 is 20.9 Å². The lowest BCUT2D eigenvalue weighted by molar-refractivity contribution is -0.118. The van der Waals surface area contributed by atoms with Gasteiger partial charge in [-0.15, -0.1) is 0 Å². The van der Waals surface area contributed by atoms with E-state index >= 15 is 0 Å². The van der Waals surface area contributed by atoms with Gasteiger partial charge >= 0.3 is 0 Å². The molecule has 1 aromatic carbocycles. The second kappa shape index (κ2) is 6.22. The Labute approximate surface area is 101 Å². The molecule has 0 radical (unpaired) electrons. The van der Waals surface area contributed by atoms with Crippen LogP contribution < -0.4 is 11.1 Å². The Kier molecular flexibility index (Phi) is 4.93. The number of methoxy groups -OCH3 is 1. The molecule has 0 spiro atoms. The average molecular weight is 238 g/mol. The molecule has 0 aromatic heterocycles. The molecule has 1 aromatic rings. The van der Waals surface area contributed by atoms with Crippen LogP contribution in [0, 0.1) is 6.92 Å². The van der Waals surface area contributed by atoms with Crippen molar-refractivity contribution in [2.24, 2.45) is 5.73 Å². The van der Waals surface area contributed by atoms with E-state index in [0.717, 1.165) is 0 Å². The zero-order valence-corrected chi connectivity index (χ0v) is 10.1. The summed E-state index contributed by atoms with van der Waals surface area (Å²) in [6.07, 6.45) is -0.0550. The second-order valence-electron chi connectivity index (χ2n) is 3.85. The first-order chi connectivity index (χ1) is 8.06. The number of phenolic OH excluding ortho intramolecular Hbond substituents is 1. The number of hydrogen-bond acceptors (Lipinski definition) is 4. The van der Waals surface area contributed by atoms with Gasteiger partial charge in [0, 0.05) is 19.3 Å². The van der Waals surface area contributed by atoms with Gasteiger partial charge in [0.15, 0.2) is 0 Å². The molecule has 1 amide bonds. The number of carbonyl (C=O) groups excluding carboxylic acids is 1. The van der Waals surface area contributed by atoms with E-state index in [-0.39, 0.29) is 24.2 Å². The molecule has 0 fully saturated rings. The molecule has 1 unspecified atom stereocenters. The summed E-state index contributed by atoms with van der Waals surface area (Å²) >= 11 is 0. The highest BCUT2D eigenvalue weighted by Gasteiger charge is 2.11. The average Bonchev–Trinajstić information content (AvgIpc) is 2.31. The highest BCUT2D eigenvalue weighted by molar-refractivity contribution is 5.91. The number of anilines is 1. The molecule has 4 N–H and O–H groups in total. The van der Waals surface area contributed by atoms with E-state index in [2.05, 4.69) is 5.32 Å². The van der Waals surface area contributed by atoms with Crippen molar-refractivity contribution in [1.29, 1.82) is 0 Å². The van der Waals surface area contributed by atoms with Gasteiger partial charge in [-0.3, -0.25) is 4.79 Å². The number of amides is 1. The van der Waals surface area contributed by atoms with E-state index in [1.54, 1.807) is 25.1 Å². The standard InChI is InChI=1S/C12H18N2O3/c1-8-5-9(3-4-11(8)15)14-12(16)6-10(7-13)17-2/h3-5,10,15H,6-7,13H2,1-2H3,(H,14,16). The maximum absolute atomic E-state index is 11.6. The van der Waals surface area contributed by atoms with E-state index in [1.807, 2.05) is 0 Å². The zero-order valence-electron chi connectivity index (χ0n) is 10.1. The monoisotopic (exact) mass is 238 g/mol. The first-order valence-electron chi connectivity index (χ1n) is 5.39. The summed E-state index contributed by atoms with van der Waals surface area (Å²) in [6, 6.07) is 4.89. The number of nitrogens with two attached hydrogens (primary N) is 1. The van der Waals surface area contributed by atoms with Crippen LogP contribution in [-0.2, 0) is 9.53 Å². The Morgan fingerprint density at radius 1 is 1.59 bits per heavy atom. The Hall–Kier alpha value is -1.59. The lowest BCUT2D eigenvalue weighted by atomic mass is 10.2. The Balaban J connectivity index is 2.58. The van der Waals surface area contributed by atoms with Crippen molar-refractivity contribution in [2.45, 2.75) is 19.4 Å². The summed E-state index contributed by atoms with van der Waals surface area (Å²) in [7, 11) is 1.52. The third kappa shape index (κ3) is 4.05. The van der Waals surface area contributed by atoms with Gasteiger partial charge in [-0.1, -0.05) is 0 Å². The number of nitrogens with one attached hydrogen (secondary N) is 1. The van der Waals surface area contributed by atoms with E-state index in [1.165, 1.54) is 7.11 Å². The molecule has 0 aliphatic rings. The Morgan fingerprint density at radius 3 is 2.82 bits per heavy atom. The molecule has 17 heavy (non-hydrogen) atoms. The van der Waals surface area contributed by atoms with Crippen molar-refractivity contribution in [3.63, 3.8) is 0 Å². The Bertz CT molecular complexity index is 389. The molecule has 0 saturated heterocycles. The van der Waals surface area contributed by atoms with Gasteiger partial charge in [-0.05, 0) is 30.7 Å². The summed E-state index contributed by atoms with van der Waals surface area (Å²) in [5, 5.41) is 12.1. The second-order valence-corrected chi connectivity index (χ2v) is 3.85. The van der Waals surface area contributed by atoms with Crippen LogP contribution in [0.1, 0.15) is 12.0 Å². The number of rotatable bonds is 5. The molecule has 1 atom stereocenters. The smallest absolute Gasteiger partial charge is 0.227 e. The minimum absolute atomic E-state index is 0.160. The van der Waals surface area contributed by atoms with Gasteiger partial charge in [-0.25, -0.2) is 0 Å². The fourth-order valence-corrected chi connectivity index (χ4v) is 1.41. The van der Waals surface area contributed by atoms with Crippen LogP contribution in [-0.4, -0.2) is 30.8 Å². The fourth-order valence-electron chi connectivity index (χ4n) is 1.41. The number of ether oxygens (including phenoxy) is 1. The molecule has 5 heteroatoms. The minimum atomic E-state index is -0.270. The number of carbonyl (C=O) groups is 1. The zero-order chi connectivity index (χ0) is 12.8. The first kappa shape index (κ1) is 13.5. The van der Waals surface area contributed by atoms with Crippen molar-refractivity contribution in [3.8, 4) is 5.75 Å². The van der Waals surface area contributed by atoms with E-state index in [0.29, 0.717) is 17.8 Å². The first-order valence-corrected chi connectivity index (χ1v) is 5.39.